The summed E-state index contributed by atoms with van der Waals surface area (Å²) in [6.45, 7) is 6.67. The van der Waals surface area contributed by atoms with Crippen LogP contribution in [0.1, 0.15) is 45.6 Å². The molecule has 2 unspecified atom stereocenters. The summed E-state index contributed by atoms with van der Waals surface area (Å²) in [6.07, 6.45) is 3.34. The van der Waals surface area contributed by atoms with Gasteiger partial charge in [0.15, 0.2) is 0 Å². The van der Waals surface area contributed by atoms with Crippen LogP contribution in [0.25, 0.3) is 0 Å². The first kappa shape index (κ1) is 16.5. The third-order valence-electron chi connectivity index (χ3n) is 4.26. The summed E-state index contributed by atoms with van der Waals surface area (Å²) in [7, 11) is -3.46. The Morgan fingerprint density at radius 2 is 1.90 bits per heavy atom. The molecule has 1 aliphatic carbocycles. The molecule has 0 amide bonds. The number of nitrogens with one attached hydrogen (secondary N) is 2. The lowest BCUT2D eigenvalue weighted by Gasteiger charge is -2.21. The summed E-state index contributed by atoms with van der Waals surface area (Å²) >= 11 is 0. The smallest absolute Gasteiger partial charge is 0.241 e. The SMILES string of the molecule is CCC(C)C(C)NS(=O)(=O)c1ccccc1CNC1CC1. The quantitative estimate of drug-likeness (QED) is 0.776. The third-order valence-corrected chi connectivity index (χ3v) is 5.92. The van der Waals surface area contributed by atoms with E-state index < -0.39 is 10.0 Å². The van der Waals surface area contributed by atoms with Gasteiger partial charge >= 0.3 is 0 Å². The topological polar surface area (TPSA) is 58.2 Å². The van der Waals surface area contributed by atoms with Crippen molar-refractivity contribution in [3.05, 3.63) is 29.8 Å². The maximum absolute atomic E-state index is 12.6. The average molecular weight is 310 g/mol. The Balaban J connectivity index is 2.14. The summed E-state index contributed by atoms with van der Waals surface area (Å²) in [5.41, 5.74) is 0.841. The Hall–Kier alpha value is -0.910. The predicted molar refractivity (Wildman–Crippen MR) is 85.5 cm³/mol. The predicted octanol–water partition coefficient (Wildman–Crippen LogP) is 2.65. The molecule has 1 aromatic rings. The van der Waals surface area contributed by atoms with E-state index in [2.05, 4.69) is 23.9 Å². The molecule has 0 aliphatic heterocycles. The molecule has 5 heteroatoms. The van der Waals surface area contributed by atoms with Crippen molar-refractivity contribution in [2.75, 3.05) is 0 Å². The number of benzene rings is 1. The molecule has 1 aliphatic rings. The van der Waals surface area contributed by atoms with E-state index in [1.54, 1.807) is 12.1 Å². The molecule has 0 heterocycles. The first-order valence-electron chi connectivity index (χ1n) is 7.77. The minimum Gasteiger partial charge on any atom is -0.310 e. The fourth-order valence-corrected chi connectivity index (χ4v) is 3.82. The van der Waals surface area contributed by atoms with E-state index in [0.717, 1.165) is 12.0 Å². The highest BCUT2D eigenvalue weighted by Crippen LogP contribution is 2.22. The standard InChI is InChI=1S/C16H26N2O2S/c1-4-12(2)13(3)18-21(19,20)16-8-6-5-7-14(16)11-17-15-9-10-15/h5-8,12-13,15,17-18H,4,9-11H2,1-3H3. The number of hydrogen-bond acceptors (Lipinski definition) is 3. The molecule has 1 aromatic carbocycles. The van der Waals surface area contributed by atoms with E-state index in [1.807, 2.05) is 19.1 Å². The minimum absolute atomic E-state index is 0.0653. The van der Waals surface area contributed by atoms with Gasteiger partial charge in [-0.05, 0) is 37.3 Å². The van der Waals surface area contributed by atoms with Crippen molar-refractivity contribution in [3.63, 3.8) is 0 Å². The lowest BCUT2D eigenvalue weighted by molar-refractivity contribution is 0.433. The van der Waals surface area contributed by atoms with E-state index in [0.29, 0.717) is 23.4 Å². The summed E-state index contributed by atoms with van der Waals surface area (Å²) in [5.74, 6) is 0.316. The molecule has 21 heavy (non-hydrogen) atoms. The van der Waals surface area contributed by atoms with Gasteiger partial charge in [0.2, 0.25) is 10.0 Å². The molecule has 0 radical (unpaired) electrons. The van der Waals surface area contributed by atoms with E-state index in [9.17, 15) is 8.42 Å². The van der Waals surface area contributed by atoms with E-state index in [1.165, 1.54) is 12.8 Å². The second-order valence-corrected chi connectivity index (χ2v) is 7.74. The highest BCUT2D eigenvalue weighted by molar-refractivity contribution is 7.89. The van der Waals surface area contributed by atoms with Crippen LogP contribution in [0.3, 0.4) is 0 Å². The Morgan fingerprint density at radius 3 is 2.52 bits per heavy atom. The van der Waals surface area contributed by atoms with E-state index in [4.69, 9.17) is 0 Å². The van der Waals surface area contributed by atoms with Crippen molar-refractivity contribution in [1.82, 2.24) is 10.0 Å². The van der Waals surface area contributed by atoms with Crippen molar-refractivity contribution in [3.8, 4) is 0 Å². The average Bonchev–Trinajstić information content (AvgIpc) is 3.28. The zero-order valence-electron chi connectivity index (χ0n) is 13.1. The summed E-state index contributed by atoms with van der Waals surface area (Å²) in [6, 6.07) is 7.74. The Labute approximate surface area is 128 Å². The summed E-state index contributed by atoms with van der Waals surface area (Å²) in [5, 5.41) is 3.38. The van der Waals surface area contributed by atoms with Crippen LogP contribution in [-0.4, -0.2) is 20.5 Å². The maximum Gasteiger partial charge on any atom is 0.241 e. The molecular formula is C16H26N2O2S. The number of hydrogen-bond donors (Lipinski definition) is 2. The van der Waals surface area contributed by atoms with Crippen LogP contribution in [0.4, 0.5) is 0 Å². The van der Waals surface area contributed by atoms with Crippen molar-refractivity contribution in [2.24, 2.45) is 5.92 Å². The van der Waals surface area contributed by atoms with E-state index >= 15 is 0 Å². The van der Waals surface area contributed by atoms with Crippen molar-refractivity contribution in [1.29, 1.82) is 0 Å². The van der Waals surface area contributed by atoms with Crippen molar-refractivity contribution < 1.29 is 8.42 Å². The van der Waals surface area contributed by atoms with Crippen LogP contribution in [-0.2, 0) is 16.6 Å². The van der Waals surface area contributed by atoms with Gasteiger partial charge < -0.3 is 5.32 Å². The van der Waals surface area contributed by atoms with Gasteiger partial charge in [-0.1, -0.05) is 38.5 Å². The lowest BCUT2D eigenvalue weighted by Crippen LogP contribution is -2.37. The van der Waals surface area contributed by atoms with Crippen LogP contribution >= 0.6 is 0 Å². The van der Waals surface area contributed by atoms with Crippen molar-refractivity contribution in [2.45, 2.75) is 63.6 Å². The van der Waals surface area contributed by atoms with Crippen molar-refractivity contribution >= 4 is 10.0 Å². The molecular weight excluding hydrogens is 284 g/mol. The molecule has 2 atom stereocenters. The molecule has 1 fully saturated rings. The van der Waals surface area contributed by atoms with Gasteiger partial charge in [0.1, 0.15) is 0 Å². The molecule has 4 nitrogen and oxygen atoms in total. The molecule has 118 valence electrons. The second kappa shape index (κ2) is 6.90. The fourth-order valence-electron chi connectivity index (χ4n) is 2.23. The molecule has 1 saturated carbocycles. The highest BCUT2D eigenvalue weighted by Gasteiger charge is 2.24. The van der Waals surface area contributed by atoms with Gasteiger partial charge in [-0.25, -0.2) is 13.1 Å². The molecule has 2 N–H and O–H groups in total. The Morgan fingerprint density at radius 1 is 1.24 bits per heavy atom. The van der Waals surface area contributed by atoms with E-state index in [-0.39, 0.29) is 6.04 Å². The van der Waals surface area contributed by atoms with Crippen LogP contribution in [0, 0.1) is 5.92 Å². The summed E-state index contributed by atoms with van der Waals surface area (Å²) in [4.78, 5) is 0.397. The van der Waals surface area contributed by atoms with Gasteiger partial charge in [0, 0.05) is 18.6 Å². The zero-order chi connectivity index (χ0) is 15.5. The highest BCUT2D eigenvalue weighted by atomic mass is 32.2. The zero-order valence-corrected chi connectivity index (χ0v) is 13.9. The fraction of sp³-hybridized carbons (Fsp3) is 0.625. The van der Waals surface area contributed by atoms with Gasteiger partial charge in [-0.15, -0.1) is 0 Å². The lowest BCUT2D eigenvalue weighted by atomic mass is 10.0. The largest absolute Gasteiger partial charge is 0.310 e. The van der Waals surface area contributed by atoms with Gasteiger partial charge in [0.05, 0.1) is 4.90 Å². The molecule has 2 rings (SSSR count). The normalized spacial score (nSPS) is 18.4. The minimum atomic E-state index is -3.46. The third kappa shape index (κ3) is 4.53. The Kier molecular flexibility index (Phi) is 5.41. The van der Waals surface area contributed by atoms with Crippen LogP contribution in [0.5, 0.6) is 0 Å². The number of sulfonamides is 1. The molecule has 0 spiro atoms. The van der Waals surface area contributed by atoms with Crippen LogP contribution in [0.15, 0.2) is 29.2 Å². The first-order valence-corrected chi connectivity index (χ1v) is 9.26. The van der Waals surface area contributed by atoms with Gasteiger partial charge in [0.25, 0.3) is 0 Å². The van der Waals surface area contributed by atoms with Crippen LogP contribution < -0.4 is 10.0 Å². The monoisotopic (exact) mass is 310 g/mol. The molecule has 0 aromatic heterocycles. The maximum atomic E-state index is 12.6. The first-order chi connectivity index (χ1) is 9.94. The van der Waals surface area contributed by atoms with Gasteiger partial charge in [-0.3, -0.25) is 0 Å². The van der Waals surface area contributed by atoms with Crippen LogP contribution in [0.2, 0.25) is 0 Å². The molecule has 0 bridgehead atoms. The summed E-state index contributed by atoms with van der Waals surface area (Å²) < 4.78 is 28.0. The number of rotatable bonds is 8. The second-order valence-electron chi connectivity index (χ2n) is 6.06. The molecule has 0 saturated heterocycles. The Bertz CT molecular complexity index is 567. The van der Waals surface area contributed by atoms with Gasteiger partial charge in [-0.2, -0.15) is 0 Å².